The van der Waals surface area contributed by atoms with E-state index in [-0.39, 0.29) is 22.8 Å². The molecular weight excluding hydrogens is 333 g/mol. The van der Waals surface area contributed by atoms with E-state index in [0.717, 1.165) is 0 Å². The molecule has 5 heteroatoms. The van der Waals surface area contributed by atoms with Crippen molar-refractivity contribution < 1.29 is 9.18 Å². The highest BCUT2D eigenvalue weighted by Gasteiger charge is 2.13. The molecule has 0 unspecified atom stereocenters. The molecule has 0 aliphatic carbocycles. The topological polar surface area (TPSA) is 43.1 Å². The second-order valence-corrected chi connectivity index (χ2v) is 5.41. The minimum atomic E-state index is -0.555. The molecule has 0 radical (unpaired) electrons. The zero-order valence-corrected chi connectivity index (χ0v) is 12.1. The van der Waals surface area contributed by atoms with Crippen LogP contribution in [0.3, 0.4) is 0 Å². The van der Waals surface area contributed by atoms with Gasteiger partial charge >= 0.3 is 0 Å². The van der Waals surface area contributed by atoms with Crippen molar-refractivity contribution in [1.29, 1.82) is 0 Å². The summed E-state index contributed by atoms with van der Waals surface area (Å²) >= 11 is 8.95. The fraction of sp³-hybridized carbons (Fsp3) is 0.0714. The number of nitrogen functional groups attached to an aromatic ring is 1. The number of hydrogen-bond donors (Lipinski definition) is 1. The molecule has 0 aromatic heterocycles. The van der Waals surface area contributed by atoms with Crippen molar-refractivity contribution in [2.45, 2.75) is 6.42 Å². The zero-order chi connectivity index (χ0) is 14.0. The van der Waals surface area contributed by atoms with Crippen LogP contribution in [0.25, 0.3) is 0 Å². The van der Waals surface area contributed by atoms with E-state index >= 15 is 0 Å². The smallest absolute Gasteiger partial charge is 0.167 e. The monoisotopic (exact) mass is 341 g/mol. The van der Waals surface area contributed by atoms with Crippen LogP contribution in [0.4, 0.5) is 10.1 Å². The number of halogens is 3. The van der Waals surface area contributed by atoms with Gasteiger partial charge in [0.1, 0.15) is 5.82 Å². The van der Waals surface area contributed by atoms with Gasteiger partial charge in [-0.25, -0.2) is 4.39 Å². The molecule has 0 spiro atoms. The molecule has 98 valence electrons. The van der Waals surface area contributed by atoms with Crippen molar-refractivity contribution in [2.24, 2.45) is 0 Å². The van der Waals surface area contributed by atoms with Gasteiger partial charge in [0.15, 0.2) is 5.78 Å². The third-order valence-corrected chi connectivity index (χ3v) is 3.37. The number of Topliss-reactive ketones (excluding diaryl/α,β-unsaturated/α-hetero) is 1. The van der Waals surface area contributed by atoms with Gasteiger partial charge < -0.3 is 5.73 Å². The van der Waals surface area contributed by atoms with E-state index in [1.807, 2.05) is 0 Å². The molecule has 2 rings (SSSR count). The predicted octanol–water partition coefficient (Wildman–Crippen LogP) is 4.25. The van der Waals surface area contributed by atoms with Crippen LogP contribution in [0, 0.1) is 5.82 Å². The number of anilines is 1. The Morgan fingerprint density at radius 1 is 1.32 bits per heavy atom. The molecule has 2 aromatic rings. The Hall–Kier alpha value is -1.39. The molecule has 2 nitrogen and oxygen atoms in total. The van der Waals surface area contributed by atoms with Crippen molar-refractivity contribution >= 4 is 39.0 Å². The van der Waals surface area contributed by atoms with Crippen molar-refractivity contribution in [1.82, 2.24) is 0 Å². The summed E-state index contributed by atoms with van der Waals surface area (Å²) in [5.74, 6) is -0.769. The lowest BCUT2D eigenvalue weighted by atomic mass is 10.0. The van der Waals surface area contributed by atoms with E-state index in [9.17, 15) is 9.18 Å². The highest BCUT2D eigenvalue weighted by atomic mass is 79.9. The third-order valence-electron chi connectivity index (χ3n) is 2.62. The van der Waals surface area contributed by atoms with Crippen LogP contribution in [0.5, 0.6) is 0 Å². The van der Waals surface area contributed by atoms with Gasteiger partial charge in [-0.05, 0) is 29.8 Å². The van der Waals surface area contributed by atoms with E-state index < -0.39 is 5.82 Å². The Balaban J connectivity index is 2.28. The van der Waals surface area contributed by atoms with E-state index in [4.69, 9.17) is 17.3 Å². The lowest BCUT2D eigenvalue weighted by Gasteiger charge is -2.06. The van der Waals surface area contributed by atoms with Crippen LogP contribution in [0.15, 0.2) is 40.9 Å². The molecule has 0 bridgehead atoms. The summed E-state index contributed by atoms with van der Waals surface area (Å²) in [6.45, 7) is 0. The second-order valence-electron chi connectivity index (χ2n) is 4.09. The summed E-state index contributed by atoms with van der Waals surface area (Å²) < 4.78 is 14.4. The maximum absolute atomic E-state index is 13.7. The Morgan fingerprint density at radius 3 is 2.74 bits per heavy atom. The fourth-order valence-corrected chi connectivity index (χ4v) is 2.44. The standard InChI is InChI=1S/C14H10BrClFNO/c15-10-4-9(5-11(18)7-10)13(19)6-8-2-1-3-12(16)14(8)17/h1-5,7H,6,18H2. The average Bonchev–Trinajstić information content (AvgIpc) is 2.33. The van der Waals surface area contributed by atoms with Crippen molar-refractivity contribution in [3.05, 3.63) is 62.8 Å². The molecule has 2 aromatic carbocycles. The fourth-order valence-electron chi connectivity index (χ4n) is 1.73. The molecule has 0 aliphatic heterocycles. The highest BCUT2D eigenvalue weighted by molar-refractivity contribution is 9.10. The Bertz CT molecular complexity index is 625. The SMILES string of the molecule is Nc1cc(Br)cc(C(=O)Cc2cccc(Cl)c2F)c1. The van der Waals surface area contributed by atoms with Gasteiger partial charge in [0.2, 0.25) is 0 Å². The van der Waals surface area contributed by atoms with E-state index in [1.165, 1.54) is 6.07 Å². The Labute approximate surface area is 123 Å². The molecular formula is C14H10BrClFNO. The number of carbonyl (C=O) groups excluding carboxylic acids is 1. The third kappa shape index (κ3) is 3.33. The zero-order valence-electron chi connectivity index (χ0n) is 9.79. The van der Waals surface area contributed by atoms with Crippen LogP contribution < -0.4 is 5.73 Å². The average molecular weight is 343 g/mol. The first-order valence-corrected chi connectivity index (χ1v) is 6.66. The van der Waals surface area contributed by atoms with E-state index in [1.54, 1.807) is 30.3 Å². The minimum Gasteiger partial charge on any atom is -0.399 e. The summed E-state index contributed by atoms with van der Waals surface area (Å²) in [7, 11) is 0. The maximum atomic E-state index is 13.7. The van der Waals surface area contributed by atoms with Gasteiger partial charge in [0, 0.05) is 22.1 Å². The van der Waals surface area contributed by atoms with Crippen LogP contribution in [0.1, 0.15) is 15.9 Å². The molecule has 0 aliphatic rings. The largest absolute Gasteiger partial charge is 0.399 e. The van der Waals surface area contributed by atoms with E-state index in [0.29, 0.717) is 15.7 Å². The van der Waals surface area contributed by atoms with Crippen LogP contribution >= 0.6 is 27.5 Å². The Kier molecular flexibility index (Phi) is 4.22. The summed E-state index contributed by atoms with van der Waals surface area (Å²) in [6.07, 6.45) is -0.0533. The molecule has 0 atom stereocenters. The van der Waals surface area contributed by atoms with Crippen LogP contribution in [0.2, 0.25) is 5.02 Å². The van der Waals surface area contributed by atoms with Crippen LogP contribution in [-0.2, 0) is 6.42 Å². The number of nitrogens with two attached hydrogens (primary N) is 1. The van der Waals surface area contributed by atoms with E-state index in [2.05, 4.69) is 15.9 Å². The second kappa shape index (κ2) is 5.72. The van der Waals surface area contributed by atoms with Crippen molar-refractivity contribution in [2.75, 3.05) is 5.73 Å². The molecule has 0 heterocycles. The van der Waals surface area contributed by atoms with Gasteiger partial charge in [0.25, 0.3) is 0 Å². The summed E-state index contributed by atoms with van der Waals surface area (Å²) in [5.41, 5.74) is 6.85. The molecule has 0 saturated carbocycles. The first-order chi connectivity index (χ1) is 8.97. The number of hydrogen-bond acceptors (Lipinski definition) is 2. The van der Waals surface area contributed by atoms with Gasteiger partial charge in [-0.2, -0.15) is 0 Å². The minimum absolute atomic E-state index is 0.0130. The summed E-state index contributed by atoms with van der Waals surface area (Å²) in [5, 5.41) is 0.0130. The number of benzene rings is 2. The lowest BCUT2D eigenvalue weighted by molar-refractivity contribution is 0.0992. The molecule has 0 amide bonds. The molecule has 0 fully saturated rings. The van der Waals surface area contributed by atoms with Crippen molar-refractivity contribution in [3.8, 4) is 0 Å². The van der Waals surface area contributed by atoms with Crippen LogP contribution in [-0.4, -0.2) is 5.78 Å². The lowest BCUT2D eigenvalue weighted by Crippen LogP contribution is -2.06. The molecule has 2 N–H and O–H groups in total. The van der Waals surface area contributed by atoms with Gasteiger partial charge in [-0.15, -0.1) is 0 Å². The van der Waals surface area contributed by atoms with Crippen molar-refractivity contribution in [3.63, 3.8) is 0 Å². The molecule has 19 heavy (non-hydrogen) atoms. The summed E-state index contributed by atoms with van der Waals surface area (Å²) in [6, 6.07) is 9.51. The summed E-state index contributed by atoms with van der Waals surface area (Å²) in [4.78, 5) is 12.1. The maximum Gasteiger partial charge on any atom is 0.167 e. The molecule has 0 saturated heterocycles. The predicted molar refractivity (Wildman–Crippen MR) is 78.0 cm³/mol. The van der Waals surface area contributed by atoms with Gasteiger partial charge in [-0.1, -0.05) is 39.7 Å². The first kappa shape index (κ1) is 14.0. The number of carbonyl (C=O) groups is 1. The normalized spacial score (nSPS) is 10.5. The quantitative estimate of drug-likeness (QED) is 0.669. The van der Waals surface area contributed by atoms with Gasteiger partial charge in [0.05, 0.1) is 5.02 Å². The Morgan fingerprint density at radius 2 is 2.05 bits per heavy atom. The number of ketones is 1. The first-order valence-electron chi connectivity index (χ1n) is 5.49. The van der Waals surface area contributed by atoms with Gasteiger partial charge in [-0.3, -0.25) is 4.79 Å². The number of rotatable bonds is 3. The highest BCUT2D eigenvalue weighted by Crippen LogP contribution is 2.22.